The molecule has 1 saturated carbocycles. The highest BCUT2D eigenvalue weighted by molar-refractivity contribution is 5.98. The maximum atomic E-state index is 13.3. The first kappa shape index (κ1) is 24.7. The van der Waals surface area contributed by atoms with Gasteiger partial charge in [0.2, 0.25) is 5.91 Å². The standard InChI is InChI=1S/C29H33N5O3/c1-21-6-3-4-7-25(21)29(36)34(23-10-11-23)20-28(35)33-17-5-16-32(18-19-33)27-15-14-26(30-31-27)22-8-12-24(37-2)13-9-22/h3-4,6-9,12-15,23H,5,10-11,16-20H2,1-2H3. The molecular weight excluding hydrogens is 466 g/mol. The fourth-order valence-electron chi connectivity index (χ4n) is 4.77. The largest absolute Gasteiger partial charge is 0.497 e. The maximum absolute atomic E-state index is 13.3. The van der Waals surface area contributed by atoms with Gasteiger partial charge in [-0.05, 0) is 74.2 Å². The van der Waals surface area contributed by atoms with Crippen LogP contribution in [0.4, 0.5) is 5.82 Å². The molecule has 0 spiro atoms. The number of rotatable bonds is 7. The van der Waals surface area contributed by atoms with Crippen molar-refractivity contribution in [1.29, 1.82) is 0 Å². The van der Waals surface area contributed by atoms with Crippen LogP contribution in [0.3, 0.4) is 0 Å². The number of methoxy groups -OCH3 is 1. The monoisotopic (exact) mass is 499 g/mol. The number of aromatic nitrogens is 2. The molecule has 0 bridgehead atoms. The predicted octanol–water partition coefficient (Wildman–Crippen LogP) is 3.80. The highest BCUT2D eigenvalue weighted by Crippen LogP contribution is 2.29. The average molecular weight is 500 g/mol. The van der Waals surface area contributed by atoms with Crippen LogP contribution in [0.5, 0.6) is 5.75 Å². The molecule has 2 aliphatic rings. The molecule has 0 atom stereocenters. The lowest BCUT2D eigenvalue weighted by molar-refractivity contribution is -0.131. The fourth-order valence-corrected chi connectivity index (χ4v) is 4.77. The summed E-state index contributed by atoms with van der Waals surface area (Å²) in [6.07, 6.45) is 2.76. The van der Waals surface area contributed by atoms with E-state index in [1.165, 1.54) is 0 Å². The Hall–Kier alpha value is -3.94. The van der Waals surface area contributed by atoms with Gasteiger partial charge < -0.3 is 19.4 Å². The molecule has 3 aromatic rings. The number of benzene rings is 2. The Balaban J connectivity index is 1.20. The molecule has 2 heterocycles. The number of ether oxygens (including phenoxy) is 1. The third-order valence-electron chi connectivity index (χ3n) is 7.14. The average Bonchev–Trinajstić information content (AvgIpc) is 3.79. The van der Waals surface area contributed by atoms with E-state index >= 15 is 0 Å². The van der Waals surface area contributed by atoms with E-state index in [0.717, 1.165) is 54.2 Å². The molecule has 2 amide bonds. The zero-order chi connectivity index (χ0) is 25.8. The van der Waals surface area contributed by atoms with Crippen LogP contribution in [0, 0.1) is 6.92 Å². The lowest BCUT2D eigenvalue weighted by Gasteiger charge is -2.27. The summed E-state index contributed by atoms with van der Waals surface area (Å²) < 4.78 is 5.22. The van der Waals surface area contributed by atoms with Crippen molar-refractivity contribution in [3.8, 4) is 17.0 Å². The van der Waals surface area contributed by atoms with Crippen molar-refractivity contribution in [2.45, 2.75) is 32.2 Å². The number of carbonyl (C=O) groups is 2. The third-order valence-corrected chi connectivity index (χ3v) is 7.14. The first-order chi connectivity index (χ1) is 18.0. The Kier molecular flexibility index (Phi) is 7.35. The van der Waals surface area contributed by atoms with E-state index in [1.54, 1.807) is 12.0 Å². The first-order valence-corrected chi connectivity index (χ1v) is 12.9. The quantitative estimate of drug-likeness (QED) is 0.492. The molecule has 8 heteroatoms. The van der Waals surface area contributed by atoms with Gasteiger partial charge in [-0.3, -0.25) is 9.59 Å². The van der Waals surface area contributed by atoms with E-state index in [9.17, 15) is 9.59 Å². The molecule has 37 heavy (non-hydrogen) atoms. The lowest BCUT2D eigenvalue weighted by atomic mass is 10.1. The van der Waals surface area contributed by atoms with E-state index in [4.69, 9.17) is 4.74 Å². The van der Waals surface area contributed by atoms with Gasteiger partial charge in [-0.1, -0.05) is 18.2 Å². The van der Waals surface area contributed by atoms with Gasteiger partial charge in [0.25, 0.3) is 5.91 Å². The topological polar surface area (TPSA) is 78.9 Å². The van der Waals surface area contributed by atoms with Crippen molar-refractivity contribution < 1.29 is 14.3 Å². The first-order valence-electron chi connectivity index (χ1n) is 12.9. The Morgan fingerprint density at radius 3 is 2.41 bits per heavy atom. The van der Waals surface area contributed by atoms with Crippen LogP contribution >= 0.6 is 0 Å². The lowest BCUT2D eigenvalue weighted by Crippen LogP contribution is -2.45. The van der Waals surface area contributed by atoms with E-state index in [2.05, 4.69) is 15.1 Å². The summed E-state index contributed by atoms with van der Waals surface area (Å²) in [6.45, 7) is 4.82. The van der Waals surface area contributed by atoms with E-state index in [-0.39, 0.29) is 24.4 Å². The number of carbonyl (C=O) groups excluding carboxylic acids is 2. The minimum absolute atomic E-state index is 0.0108. The van der Waals surface area contributed by atoms with Crippen LogP contribution < -0.4 is 9.64 Å². The Labute approximate surface area is 217 Å². The summed E-state index contributed by atoms with van der Waals surface area (Å²) in [7, 11) is 1.65. The number of anilines is 1. The number of nitrogens with zero attached hydrogens (tertiary/aromatic N) is 5. The predicted molar refractivity (Wildman–Crippen MR) is 143 cm³/mol. The second-order valence-corrected chi connectivity index (χ2v) is 9.71. The summed E-state index contributed by atoms with van der Waals surface area (Å²) in [4.78, 5) is 32.4. The van der Waals surface area contributed by atoms with Gasteiger partial charge in [-0.25, -0.2) is 0 Å². The number of amides is 2. The maximum Gasteiger partial charge on any atom is 0.254 e. The van der Waals surface area contributed by atoms with Gasteiger partial charge in [0, 0.05) is 43.3 Å². The van der Waals surface area contributed by atoms with Gasteiger partial charge in [0.1, 0.15) is 12.3 Å². The molecule has 0 N–H and O–H groups in total. The van der Waals surface area contributed by atoms with Crippen molar-refractivity contribution in [2.24, 2.45) is 0 Å². The molecule has 2 fully saturated rings. The van der Waals surface area contributed by atoms with Gasteiger partial charge >= 0.3 is 0 Å². The molecule has 0 unspecified atom stereocenters. The molecule has 8 nitrogen and oxygen atoms in total. The molecular formula is C29H33N5O3. The van der Waals surface area contributed by atoms with Gasteiger partial charge in [0.15, 0.2) is 5.82 Å². The smallest absolute Gasteiger partial charge is 0.254 e. The molecule has 2 aromatic carbocycles. The second kappa shape index (κ2) is 11.0. The Morgan fingerprint density at radius 2 is 1.73 bits per heavy atom. The van der Waals surface area contributed by atoms with E-state index in [0.29, 0.717) is 25.2 Å². The zero-order valence-electron chi connectivity index (χ0n) is 21.5. The molecule has 1 saturated heterocycles. The molecule has 0 radical (unpaired) electrons. The van der Waals surface area contributed by atoms with Crippen LogP contribution in [0.2, 0.25) is 0 Å². The van der Waals surface area contributed by atoms with Crippen LogP contribution in [-0.2, 0) is 4.79 Å². The summed E-state index contributed by atoms with van der Waals surface area (Å²) in [5.74, 6) is 1.58. The van der Waals surface area contributed by atoms with Crippen molar-refractivity contribution in [1.82, 2.24) is 20.0 Å². The summed E-state index contributed by atoms with van der Waals surface area (Å²) in [5, 5.41) is 8.89. The molecule has 1 aromatic heterocycles. The molecule has 192 valence electrons. The minimum Gasteiger partial charge on any atom is -0.497 e. The summed E-state index contributed by atoms with van der Waals surface area (Å²) in [6, 6.07) is 19.5. The fraction of sp³-hybridized carbons (Fsp3) is 0.379. The van der Waals surface area contributed by atoms with Crippen molar-refractivity contribution in [3.05, 3.63) is 71.8 Å². The molecule has 5 rings (SSSR count). The second-order valence-electron chi connectivity index (χ2n) is 9.71. The highest BCUT2D eigenvalue weighted by atomic mass is 16.5. The number of hydrogen-bond acceptors (Lipinski definition) is 6. The van der Waals surface area contributed by atoms with E-state index < -0.39 is 0 Å². The minimum atomic E-state index is -0.0439. The van der Waals surface area contributed by atoms with Gasteiger partial charge in [-0.15, -0.1) is 10.2 Å². The number of hydrogen-bond donors (Lipinski definition) is 0. The van der Waals surface area contributed by atoms with Crippen molar-refractivity contribution in [2.75, 3.05) is 44.7 Å². The van der Waals surface area contributed by atoms with Crippen molar-refractivity contribution >= 4 is 17.6 Å². The van der Waals surface area contributed by atoms with Crippen LogP contribution in [0.25, 0.3) is 11.3 Å². The summed E-state index contributed by atoms with van der Waals surface area (Å²) >= 11 is 0. The van der Waals surface area contributed by atoms with Gasteiger partial charge in [0.05, 0.1) is 12.8 Å². The SMILES string of the molecule is COc1ccc(-c2ccc(N3CCCN(C(=O)CN(C(=O)c4ccccc4C)C4CC4)CC3)nn2)cc1. The van der Waals surface area contributed by atoms with Crippen LogP contribution in [0.1, 0.15) is 35.2 Å². The Bertz CT molecular complexity index is 1240. The normalized spacial score (nSPS) is 15.7. The zero-order valence-corrected chi connectivity index (χ0v) is 21.5. The number of aryl methyl sites for hydroxylation is 1. The summed E-state index contributed by atoms with van der Waals surface area (Å²) in [5.41, 5.74) is 3.40. The molecule has 1 aliphatic carbocycles. The van der Waals surface area contributed by atoms with E-state index in [1.807, 2.05) is 72.5 Å². The van der Waals surface area contributed by atoms with Crippen LogP contribution in [0.15, 0.2) is 60.7 Å². The third kappa shape index (κ3) is 5.74. The molecule has 1 aliphatic heterocycles. The van der Waals surface area contributed by atoms with Gasteiger partial charge in [-0.2, -0.15) is 0 Å². The highest BCUT2D eigenvalue weighted by Gasteiger charge is 2.35. The van der Waals surface area contributed by atoms with Crippen LogP contribution in [-0.4, -0.2) is 77.7 Å². The Morgan fingerprint density at radius 1 is 0.946 bits per heavy atom. The van der Waals surface area contributed by atoms with Crippen molar-refractivity contribution in [3.63, 3.8) is 0 Å².